The fourth-order valence-electron chi connectivity index (χ4n) is 2.58. The van der Waals surface area contributed by atoms with Gasteiger partial charge in [0.1, 0.15) is 11.5 Å². The summed E-state index contributed by atoms with van der Waals surface area (Å²) in [4.78, 5) is 16.6. The molecule has 1 heterocycles. The number of hydrogen-bond donors (Lipinski definition) is 2. The Kier molecular flexibility index (Phi) is 5.27. The first kappa shape index (κ1) is 17.6. The van der Waals surface area contributed by atoms with Crippen molar-refractivity contribution < 1.29 is 9.18 Å². The minimum atomic E-state index is -0.255. The van der Waals surface area contributed by atoms with Gasteiger partial charge in [-0.1, -0.05) is 29.8 Å². The van der Waals surface area contributed by atoms with Gasteiger partial charge in [-0.05, 0) is 55.3 Å². The molecule has 4 nitrogen and oxygen atoms in total. The molecule has 2 aromatic carbocycles. The third kappa shape index (κ3) is 4.45. The van der Waals surface area contributed by atoms with Crippen molar-refractivity contribution in [2.45, 2.75) is 20.4 Å². The van der Waals surface area contributed by atoms with E-state index in [9.17, 15) is 9.18 Å². The molecular formula is C21H20FN3O. The molecule has 0 saturated carbocycles. The highest BCUT2D eigenvalue weighted by Gasteiger charge is 2.09. The second kappa shape index (κ2) is 7.78. The van der Waals surface area contributed by atoms with Crippen LogP contribution in [0.25, 0.3) is 0 Å². The topological polar surface area (TPSA) is 54.0 Å². The molecule has 0 unspecified atom stereocenters. The molecule has 0 spiro atoms. The lowest BCUT2D eigenvalue weighted by Crippen LogP contribution is -2.14. The van der Waals surface area contributed by atoms with Gasteiger partial charge in [0.15, 0.2) is 0 Å². The molecule has 5 heteroatoms. The van der Waals surface area contributed by atoms with Crippen molar-refractivity contribution >= 4 is 17.3 Å². The second-order valence-corrected chi connectivity index (χ2v) is 6.18. The Labute approximate surface area is 152 Å². The van der Waals surface area contributed by atoms with Gasteiger partial charge in [-0.15, -0.1) is 0 Å². The van der Waals surface area contributed by atoms with Gasteiger partial charge in [0.25, 0.3) is 5.91 Å². The minimum absolute atomic E-state index is 0.248. The van der Waals surface area contributed by atoms with E-state index in [1.807, 2.05) is 32.0 Å². The molecule has 1 aromatic heterocycles. The number of hydrogen-bond acceptors (Lipinski definition) is 3. The third-order valence-electron chi connectivity index (χ3n) is 4.04. The summed E-state index contributed by atoms with van der Waals surface area (Å²) in [6.07, 6.45) is 1.61. The van der Waals surface area contributed by atoms with Crippen LogP contribution in [-0.4, -0.2) is 10.9 Å². The number of pyridine rings is 1. The van der Waals surface area contributed by atoms with E-state index in [4.69, 9.17) is 0 Å². The van der Waals surface area contributed by atoms with Crippen LogP contribution < -0.4 is 10.6 Å². The van der Waals surface area contributed by atoms with Gasteiger partial charge in [0.05, 0.1) is 11.9 Å². The van der Waals surface area contributed by atoms with Crippen LogP contribution in [-0.2, 0) is 6.54 Å². The van der Waals surface area contributed by atoms with Gasteiger partial charge >= 0.3 is 0 Å². The summed E-state index contributed by atoms with van der Waals surface area (Å²) in [5.74, 6) is -0.503. The molecule has 1 amide bonds. The Morgan fingerprint density at radius 3 is 2.46 bits per heavy atom. The first-order valence-electron chi connectivity index (χ1n) is 8.34. The molecule has 0 fully saturated rings. The number of rotatable bonds is 5. The Balaban J connectivity index is 1.61. The molecule has 3 rings (SSSR count). The van der Waals surface area contributed by atoms with Crippen molar-refractivity contribution in [3.63, 3.8) is 0 Å². The van der Waals surface area contributed by atoms with Gasteiger partial charge in [-0.25, -0.2) is 9.37 Å². The van der Waals surface area contributed by atoms with Gasteiger partial charge in [0, 0.05) is 12.2 Å². The number of halogens is 1. The van der Waals surface area contributed by atoms with E-state index in [0.29, 0.717) is 12.2 Å². The number of nitrogens with zero attached hydrogens (tertiary/aromatic N) is 1. The molecule has 2 N–H and O–H groups in total. The van der Waals surface area contributed by atoms with Crippen LogP contribution in [0, 0.1) is 19.7 Å². The molecule has 26 heavy (non-hydrogen) atoms. The summed E-state index contributed by atoms with van der Waals surface area (Å²) in [6, 6.07) is 15.6. The van der Waals surface area contributed by atoms with Crippen LogP contribution in [0.15, 0.2) is 60.8 Å². The highest BCUT2D eigenvalue weighted by molar-refractivity contribution is 6.03. The summed E-state index contributed by atoms with van der Waals surface area (Å²) in [5.41, 5.74) is 5.03. The molecule has 0 atom stereocenters. The smallest absolute Gasteiger partial charge is 0.274 e. The number of anilines is 2. The maximum Gasteiger partial charge on any atom is 0.274 e. The Bertz CT molecular complexity index is 906. The van der Waals surface area contributed by atoms with Gasteiger partial charge in [-0.2, -0.15) is 0 Å². The average molecular weight is 349 g/mol. The lowest BCUT2D eigenvalue weighted by molar-refractivity contribution is 0.102. The number of carbonyl (C=O) groups excluding carboxylic acids is 1. The van der Waals surface area contributed by atoms with Gasteiger partial charge in [-0.3, -0.25) is 4.79 Å². The van der Waals surface area contributed by atoms with Crippen LogP contribution in [0.5, 0.6) is 0 Å². The summed E-state index contributed by atoms with van der Waals surface area (Å²) in [6.45, 7) is 4.52. The fourth-order valence-corrected chi connectivity index (χ4v) is 2.58. The number of aryl methyl sites for hydroxylation is 2. The predicted octanol–water partition coefficient (Wildman–Crippen LogP) is 4.70. The zero-order chi connectivity index (χ0) is 18.5. The molecular weight excluding hydrogens is 329 g/mol. The molecule has 132 valence electrons. The minimum Gasteiger partial charge on any atom is -0.380 e. The number of benzene rings is 2. The zero-order valence-electron chi connectivity index (χ0n) is 14.7. The van der Waals surface area contributed by atoms with Gasteiger partial charge in [0.2, 0.25) is 0 Å². The average Bonchev–Trinajstić information content (AvgIpc) is 2.64. The molecule has 0 aliphatic rings. The highest BCUT2D eigenvalue weighted by Crippen LogP contribution is 2.17. The van der Waals surface area contributed by atoms with E-state index >= 15 is 0 Å². The molecule has 0 radical (unpaired) electrons. The van der Waals surface area contributed by atoms with Crippen LogP contribution in [0.2, 0.25) is 0 Å². The van der Waals surface area contributed by atoms with Crippen LogP contribution in [0.1, 0.15) is 27.2 Å². The number of aromatic nitrogens is 1. The van der Waals surface area contributed by atoms with Gasteiger partial charge < -0.3 is 10.6 Å². The normalized spacial score (nSPS) is 10.4. The van der Waals surface area contributed by atoms with E-state index in [0.717, 1.165) is 28.1 Å². The fraction of sp³-hybridized carbons (Fsp3) is 0.143. The quantitative estimate of drug-likeness (QED) is 0.702. The molecule has 0 bridgehead atoms. The van der Waals surface area contributed by atoms with Crippen molar-refractivity contribution in [3.05, 3.63) is 89.0 Å². The van der Waals surface area contributed by atoms with Crippen LogP contribution in [0.3, 0.4) is 0 Å². The van der Waals surface area contributed by atoms with E-state index in [1.165, 1.54) is 12.1 Å². The first-order valence-corrected chi connectivity index (χ1v) is 8.34. The Morgan fingerprint density at radius 2 is 1.81 bits per heavy atom. The monoisotopic (exact) mass is 349 g/mol. The largest absolute Gasteiger partial charge is 0.380 e. The van der Waals surface area contributed by atoms with Crippen molar-refractivity contribution in [2.24, 2.45) is 0 Å². The lowest BCUT2D eigenvalue weighted by Gasteiger charge is -2.10. The maximum atomic E-state index is 12.9. The summed E-state index contributed by atoms with van der Waals surface area (Å²) < 4.78 is 12.9. The first-order chi connectivity index (χ1) is 12.5. The highest BCUT2D eigenvalue weighted by atomic mass is 19.1. The molecule has 3 aromatic rings. The van der Waals surface area contributed by atoms with Crippen molar-refractivity contribution in [1.82, 2.24) is 4.98 Å². The van der Waals surface area contributed by atoms with E-state index in [1.54, 1.807) is 30.5 Å². The second-order valence-electron chi connectivity index (χ2n) is 6.18. The van der Waals surface area contributed by atoms with Crippen LogP contribution in [0.4, 0.5) is 15.8 Å². The summed E-state index contributed by atoms with van der Waals surface area (Å²) >= 11 is 0. The maximum absolute atomic E-state index is 12.9. The molecule has 0 aliphatic carbocycles. The summed E-state index contributed by atoms with van der Waals surface area (Å²) in [7, 11) is 0. The number of carbonyl (C=O) groups is 1. The zero-order valence-corrected chi connectivity index (χ0v) is 14.7. The van der Waals surface area contributed by atoms with E-state index < -0.39 is 0 Å². The van der Waals surface area contributed by atoms with Crippen molar-refractivity contribution in [2.75, 3.05) is 10.6 Å². The Hall–Kier alpha value is -3.21. The SMILES string of the molecule is Cc1ccc(NC(=O)c2ccc(NCc3ccc(F)cc3)cn2)c(C)c1. The number of nitrogens with one attached hydrogen (secondary N) is 2. The standard InChI is InChI=1S/C21H20FN3O/c1-14-3-9-19(15(2)11-14)25-21(26)20-10-8-18(13-24-20)23-12-16-4-6-17(22)7-5-16/h3-11,13,23H,12H2,1-2H3,(H,25,26). The lowest BCUT2D eigenvalue weighted by atomic mass is 10.1. The van der Waals surface area contributed by atoms with Crippen molar-refractivity contribution in [1.29, 1.82) is 0 Å². The number of amides is 1. The van der Waals surface area contributed by atoms with Crippen molar-refractivity contribution in [3.8, 4) is 0 Å². The molecule has 0 aliphatic heterocycles. The van der Waals surface area contributed by atoms with E-state index in [2.05, 4.69) is 15.6 Å². The third-order valence-corrected chi connectivity index (χ3v) is 4.04. The van der Waals surface area contributed by atoms with Crippen LogP contribution >= 0.6 is 0 Å². The van der Waals surface area contributed by atoms with E-state index in [-0.39, 0.29) is 11.7 Å². The molecule has 0 saturated heterocycles. The summed E-state index contributed by atoms with van der Waals surface area (Å²) in [5, 5.41) is 6.07. The Morgan fingerprint density at radius 1 is 1.04 bits per heavy atom. The predicted molar refractivity (Wildman–Crippen MR) is 102 cm³/mol.